The summed E-state index contributed by atoms with van der Waals surface area (Å²) in [7, 11) is -2.39. The molecule has 0 amide bonds. The van der Waals surface area contributed by atoms with Gasteiger partial charge in [-0.25, -0.2) is 12.8 Å². The molecule has 1 aromatic rings. The molecule has 1 aromatic carbocycles. The third-order valence-electron chi connectivity index (χ3n) is 6.08. The maximum atomic E-state index is 12.8. The van der Waals surface area contributed by atoms with Crippen LogP contribution in [-0.4, -0.2) is 26.6 Å². The van der Waals surface area contributed by atoms with Crippen molar-refractivity contribution < 1.29 is 17.5 Å². The zero-order chi connectivity index (χ0) is 21.0. The lowest BCUT2D eigenvalue weighted by Gasteiger charge is -2.30. The minimum absolute atomic E-state index is 0.0186. The molecule has 0 radical (unpaired) electrons. The molecular weight excluding hydrogens is 458 g/mol. The molecule has 0 aliphatic heterocycles. The Morgan fingerprint density at radius 1 is 1.07 bits per heavy atom. The second-order valence-electron chi connectivity index (χ2n) is 7.98. The fraction of sp³-hybridized carbons (Fsp3) is 0.429. The minimum atomic E-state index is -3.88. The van der Waals surface area contributed by atoms with E-state index in [-0.39, 0.29) is 16.7 Å². The number of alkyl halides is 2. The molecule has 3 aliphatic carbocycles. The number of rotatable bonds is 5. The highest BCUT2D eigenvalue weighted by molar-refractivity contribution is 7.91. The average molecular weight is 478 g/mol. The number of benzene rings is 1. The maximum absolute atomic E-state index is 12.8. The Bertz CT molecular complexity index is 1050. The molecule has 0 aromatic heterocycles. The molecule has 8 heteroatoms. The van der Waals surface area contributed by atoms with Crippen molar-refractivity contribution in [2.75, 3.05) is 13.1 Å². The van der Waals surface area contributed by atoms with Crippen LogP contribution in [0.25, 0.3) is 5.57 Å². The number of hydrogen-bond donors (Lipinski definition) is 0. The fourth-order valence-corrected chi connectivity index (χ4v) is 5.67. The van der Waals surface area contributed by atoms with Crippen LogP contribution in [0.2, 0.25) is 0 Å². The zero-order valence-electron chi connectivity index (χ0n) is 15.8. The summed E-state index contributed by atoms with van der Waals surface area (Å²) in [6, 6.07) is 4.99. The Kier molecular flexibility index (Phi) is 5.44. The molecular formula is C21H20Cl3FO3S. The number of hydrogen-bond acceptors (Lipinski definition) is 3. The van der Waals surface area contributed by atoms with Crippen LogP contribution >= 0.6 is 34.8 Å². The van der Waals surface area contributed by atoms with Crippen molar-refractivity contribution >= 4 is 50.2 Å². The van der Waals surface area contributed by atoms with Gasteiger partial charge in [-0.15, -0.1) is 0 Å². The van der Waals surface area contributed by atoms with E-state index in [0.29, 0.717) is 10.1 Å². The van der Waals surface area contributed by atoms with Crippen molar-refractivity contribution in [2.45, 2.75) is 42.1 Å². The number of sulfone groups is 1. The summed E-state index contributed by atoms with van der Waals surface area (Å²) in [5, 5.41) is -0.177. The predicted octanol–water partition coefficient (Wildman–Crippen LogP) is 6.32. The van der Waals surface area contributed by atoms with Gasteiger partial charge < -0.3 is 4.74 Å². The van der Waals surface area contributed by atoms with E-state index in [9.17, 15) is 12.8 Å². The smallest absolute Gasteiger partial charge is 0.207 e. The molecule has 29 heavy (non-hydrogen) atoms. The Balaban J connectivity index is 1.77. The fourth-order valence-electron chi connectivity index (χ4n) is 4.13. The largest absolute Gasteiger partial charge is 0.357 e. The van der Waals surface area contributed by atoms with Crippen molar-refractivity contribution in [1.29, 1.82) is 0 Å². The topological polar surface area (TPSA) is 43.4 Å². The molecule has 156 valence electrons. The van der Waals surface area contributed by atoms with Crippen molar-refractivity contribution in [3.63, 3.8) is 0 Å². The lowest BCUT2D eigenvalue weighted by atomic mass is 9.92. The Labute approximate surface area is 185 Å². The van der Waals surface area contributed by atoms with Gasteiger partial charge in [-0.3, -0.25) is 0 Å². The first kappa shape index (κ1) is 21.4. The molecule has 3 nitrogen and oxygen atoms in total. The van der Waals surface area contributed by atoms with Gasteiger partial charge in [0.25, 0.3) is 0 Å². The van der Waals surface area contributed by atoms with Gasteiger partial charge in [0.1, 0.15) is 0 Å². The minimum Gasteiger partial charge on any atom is -0.357 e. The van der Waals surface area contributed by atoms with E-state index in [1.54, 1.807) is 18.2 Å². The molecule has 0 saturated heterocycles. The Morgan fingerprint density at radius 2 is 1.69 bits per heavy atom. The number of allylic oxidation sites excluding steroid dienone is 4. The Hall–Kier alpha value is -0.850. The lowest BCUT2D eigenvalue weighted by Crippen LogP contribution is -2.27. The first-order valence-electron chi connectivity index (χ1n) is 9.25. The molecule has 3 aliphatic rings. The number of halogens is 4. The van der Waals surface area contributed by atoms with Crippen LogP contribution in [-0.2, 0) is 14.6 Å². The summed E-state index contributed by atoms with van der Waals surface area (Å²) in [5.41, 5.74) is 4.26. The van der Waals surface area contributed by atoms with E-state index in [2.05, 4.69) is 0 Å². The van der Waals surface area contributed by atoms with E-state index < -0.39 is 20.9 Å². The first-order valence-corrected chi connectivity index (χ1v) is 12.0. The van der Waals surface area contributed by atoms with E-state index in [1.807, 2.05) is 0 Å². The van der Waals surface area contributed by atoms with Crippen LogP contribution in [0, 0.1) is 5.41 Å². The molecule has 1 unspecified atom stereocenters. The lowest BCUT2D eigenvalue weighted by molar-refractivity contribution is 0.101. The van der Waals surface area contributed by atoms with E-state index >= 15 is 0 Å². The molecule has 4 rings (SSSR count). The Morgan fingerprint density at radius 3 is 2.24 bits per heavy atom. The maximum Gasteiger partial charge on any atom is 0.207 e. The normalized spacial score (nSPS) is 26.3. The van der Waals surface area contributed by atoms with E-state index in [0.717, 1.165) is 48.0 Å². The predicted molar refractivity (Wildman–Crippen MR) is 114 cm³/mol. The first-order chi connectivity index (χ1) is 13.6. The number of ether oxygens (including phenoxy) is 1. The van der Waals surface area contributed by atoms with Crippen LogP contribution in [0.1, 0.15) is 37.7 Å². The average Bonchev–Trinajstić information content (AvgIpc) is 3.35. The number of methoxy groups -OCH3 is 1. The van der Waals surface area contributed by atoms with Gasteiger partial charge in [0.2, 0.25) is 9.84 Å². The molecule has 0 bridgehead atoms. The van der Waals surface area contributed by atoms with Crippen LogP contribution in [0.4, 0.5) is 4.39 Å². The van der Waals surface area contributed by atoms with E-state index in [1.165, 1.54) is 19.2 Å². The summed E-state index contributed by atoms with van der Waals surface area (Å²) in [4.78, 5) is -0.0186. The third kappa shape index (κ3) is 3.81. The van der Waals surface area contributed by atoms with Crippen LogP contribution in [0.5, 0.6) is 0 Å². The van der Waals surface area contributed by atoms with Gasteiger partial charge in [0, 0.05) is 18.6 Å². The second kappa shape index (κ2) is 7.38. The van der Waals surface area contributed by atoms with Crippen LogP contribution in [0.3, 0.4) is 0 Å². The van der Waals surface area contributed by atoms with Gasteiger partial charge in [0.15, 0.2) is 11.1 Å². The summed E-state index contributed by atoms with van der Waals surface area (Å²) in [5.74, 6) is 0. The summed E-state index contributed by atoms with van der Waals surface area (Å²) < 4.78 is 41.7. The van der Waals surface area contributed by atoms with Crippen LogP contribution < -0.4 is 0 Å². The van der Waals surface area contributed by atoms with Gasteiger partial charge in [-0.1, -0.05) is 46.9 Å². The molecule has 1 saturated carbocycles. The molecule has 1 atom stereocenters. The van der Waals surface area contributed by atoms with Gasteiger partial charge in [-0.05, 0) is 71.6 Å². The van der Waals surface area contributed by atoms with Crippen molar-refractivity contribution in [2.24, 2.45) is 5.41 Å². The third-order valence-corrected chi connectivity index (χ3v) is 8.70. The quantitative estimate of drug-likeness (QED) is 0.466. The summed E-state index contributed by atoms with van der Waals surface area (Å²) >= 11 is 19.5. The monoisotopic (exact) mass is 476 g/mol. The van der Waals surface area contributed by atoms with Crippen molar-refractivity contribution in [3.05, 3.63) is 57.1 Å². The molecule has 1 fully saturated rings. The summed E-state index contributed by atoms with van der Waals surface area (Å²) in [6.07, 6.45) is 6.13. The molecule has 0 N–H and O–H groups in total. The molecule has 1 spiro atoms. The van der Waals surface area contributed by atoms with Gasteiger partial charge >= 0.3 is 0 Å². The molecule has 0 heterocycles. The SMILES string of the molecule is COC1(Cl)CC(Cl)=C(C2=C(c3ccc(S(=O)(=O)CF)cc3)CC3(CC3)C2)C=C1Cl. The highest BCUT2D eigenvalue weighted by Gasteiger charge is 2.49. The summed E-state index contributed by atoms with van der Waals surface area (Å²) in [6.45, 7) is 0. The van der Waals surface area contributed by atoms with Crippen molar-refractivity contribution in [3.8, 4) is 0 Å². The standard InChI is InChI=1S/C21H20Cl3FO3S/c1-28-21(24)11-18(22)15(8-19(21)23)17-10-20(6-7-20)9-16(17)13-2-4-14(5-3-13)29(26,27)12-25/h2-5,8H,6-7,9-12H2,1H3. The highest BCUT2D eigenvalue weighted by Crippen LogP contribution is 2.63. The van der Waals surface area contributed by atoms with E-state index in [4.69, 9.17) is 39.5 Å². The van der Waals surface area contributed by atoms with Crippen LogP contribution in [0.15, 0.2) is 56.4 Å². The van der Waals surface area contributed by atoms with Gasteiger partial charge in [-0.2, -0.15) is 0 Å². The second-order valence-corrected chi connectivity index (χ2v) is 11.4. The highest BCUT2D eigenvalue weighted by atomic mass is 35.5. The van der Waals surface area contributed by atoms with Gasteiger partial charge in [0.05, 0.1) is 9.93 Å². The van der Waals surface area contributed by atoms with Crippen molar-refractivity contribution in [1.82, 2.24) is 0 Å². The zero-order valence-corrected chi connectivity index (χ0v) is 18.9.